The van der Waals surface area contributed by atoms with E-state index in [-0.39, 0.29) is 5.91 Å². The number of piperazine rings is 1. The summed E-state index contributed by atoms with van der Waals surface area (Å²) in [5.41, 5.74) is 1.53. The second kappa shape index (κ2) is 7.65. The summed E-state index contributed by atoms with van der Waals surface area (Å²) in [6.07, 6.45) is 5.26. The zero-order chi connectivity index (χ0) is 17.8. The van der Waals surface area contributed by atoms with Crippen LogP contribution in [0.5, 0.6) is 0 Å². The number of carbonyl (C=O) groups is 1. The van der Waals surface area contributed by atoms with Crippen LogP contribution in [0, 0.1) is 0 Å². The number of carbonyl (C=O) groups excluding carboxylic acids is 1. The van der Waals surface area contributed by atoms with Crippen molar-refractivity contribution in [3.8, 4) is 0 Å². The summed E-state index contributed by atoms with van der Waals surface area (Å²) in [5, 5.41) is 0. The van der Waals surface area contributed by atoms with Crippen molar-refractivity contribution >= 4 is 17.5 Å². The Morgan fingerprint density at radius 1 is 0.885 bits per heavy atom. The van der Waals surface area contributed by atoms with Crippen LogP contribution < -0.4 is 9.80 Å². The van der Waals surface area contributed by atoms with Crippen LogP contribution in [0.25, 0.3) is 0 Å². The lowest BCUT2D eigenvalue weighted by Crippen LogP contribution is -2.49. The molecule has 2 fully saturated rings. The van der Waals surface area contributed by atoms with E-state index in [0.717, 1.165) is 45.1 Å². The van der Waals surface area contributed by atoms with Gasteiger partial charge < -0.3 is 19.4 Å². The number of hydrogen-bond donors (Lipinski definition) is 0. The molecule has 0 saturated carbocycles. The maximum Gasteiger partial charge on any atom is 0.272 e. The molecule has 0 atom stereocenters. The lowest BCUT2D eigenvalue weighted by Gasteiger charge is -2.34. The predicted molar refractivity (Wildman–Crippen MR) is 97.4 cm³/mol. The number of anilines is 2. The molecule has 2 aromatic rings. The van der Waals surface area contributed by atoms with E-state index >= 15 is 0 Å². The SMILES string of the molecule is O=C(c1ccc(N2CCOCC2)cn1)N1CCN(c2ncccn2)CC1. The third-order valence-electron chi connectivity index (χ3n) is 4.75. The number of aromatic nitrogens is 3. The predicted octanol–water partition coefficient (Wildman–Crippen LogP) is 0.671. The van der Waals surface area contributed by atoms with Crippen molar-refractivity contribution in [1.29, 1.82) is 0 Å². The van der Waals surface area contributed by atoms with Crippen LogP contribution in [0.1, 0.15) is 10.5 Å². The van der Waals surface area contributed by atoms with Crippen molar-refractivity contribution in [3.63, 3.8) is 0 Å². The van der Waals surface area contributed by atoms with E-state index in [2.05, 4.69) is 24.8 Å². The summed E-state index contributed by atoms with van der Waals surface area (Å²) >= 11 is 0. The van der Waals surface area contributed by atoms with Crippen LogP contribution in [-0.2, 0) is 4.74 Å². The van der Waals surface area contributed by atoms with Gasteiger partial charge in [-0.3, -0.25) is 4.79 Å². The van der Waals surface area contributed by atoms with E-state index in [9.17, 15) is 4.79 Å². The van der Waals surface area contributed by atoms with Gasteiger partial charge in [-0.25, -0.2) is 15.0 Å². The molecule has 0 spiro atoms. The Kier molecular flexibility index (Phi) is 4.92. The Bertz CT molecular complexity index is 725. The Morgan fingerprint density at radius 3 is 2.27 bits per heavy atom. The first kappa shape index (κ1) is 16.7. The molecule has 2 aromatic heterocycles. The Hall–Kier alpha value is -2.74. The van der Waals surface area contributed by atoms with Gasteiger partial charge in [0.1, 0.15) is 5.69 Å². The minimum atomic E-state index is -0.0212. The second-order valence-corrected chi connectivity index (χ2v) is 6.33. The first-order chi connectivity index (χ1) is 12.8. The molecule has 2 saturated heterocycles. The van der Waals surface area contributed by atoms with Crippen LogP contribution in [0.3, 0.4) is 0 Å². The fourth-order valence-corrected chi connectivity index (χ4v) is 3.25. The van der Waals surface area contributed by atoms with Gasteiger partial charge in [0.15, 0.2) is 0 Å². The van der Waals surface area contributed by atoms with E-state index in [0.29, 0.717) is 24.7 Å². The molecule has 8 heteroatoms. The van der Waals surface area contributed by atoms with Crippen LogP contribution in [0.15, 0.2) is 36.8 Å². The molecule has 0 radical (unpaired) electrons. The van der Waals surface area contributed by atoms with Crippen LogP contribution in [0.2, 0.25) is 0 Å². The Morgan fingerprint density at radius 2 is 1.62 bits per heavy atom. The van der Waals surface area contributed by atoms with Gasteiger partial charge >= 0.3 is 0 Å². The highest BCUT2D eigenvalue weighted by Crippen LogP contribution is 2.16. The highest BCUT2D eigenvalue weighted by molar-refractivity contribution is 5.92. The number of morpholine rings is 1. The molecule has 136 valence electrons. The summed E-state index contributed by atoms with van der Waals surface area (Å²) in [4.78, 5) is 31.8. The topological polar surface area (TPSA) is 74.7 Å². The van der Waals surface area contributed by atoms with Gasteiger partial charge in [-0.1, -0.05) is 0 Å². The van der Waals surface area contributed by atoms with Crippen molar-refractivity contribution in [1.82, 2.24) is 19.9 Å². The van der Waals surface area contributed by atoms with Crippen LogP contribution >= 0.6 is 0 Å². The Labute approximate surface area is 152 Å². The minimum absolute atomic E-state index is 0.0212. The summed E-state index contributed by atoms with van der Waals surface area (Å²) in [5.74, 6) is 0.694. The quantitative estimate of drug-likeness (QED) is 0.802. The molecule has 0 N–H and O–H groups in total. The molecule has 0 aromatic carbocycles. The highest BCUT2D eigenvalue weighted by Gasteiger charge is 2.24. The van der Waals surface area contributed by atoms with Gasteiger partial charge in [0.2, 0.25) is 5.95 Å². The number of pyridine rings is 1. The van der Waals surface area contributed by atoms with Crippen molar-refractivity contribution in [2.45, 2.75) is 0 Å². The maximum atomic E-state index is 12.7. The number of hydrogen-bond acceptors (Lipinski definition) is 7. The number of amides is 1. The number of nitrogens with zero attached hydrogens (tertiary/aromatic N) is 6. The minimum Gasteiger partial charge on any atom is -0.378 e. The lowest BCUT2D eigenvalue weighted by molar-refractivity contribution is 0.0740. The normalized spacial score (nSPS) is 18.1. The third kappa shape index (κ3) is 3.60. The molecule has 2 aliphatic rings. The van der Waals surface area contributed by atoms with E-state index in [1.165, 1.54) is 0 Å². The van der Waals surface area contributed by atoms with Gasteiger partial charge in [0, 0.05) is 51.7 Å². The fourth-order valence-electron chi connectivity index (χ4n) is 3.25. The first-order valence-corrected chi connectivity index (χ1v) is 8.91. The van der Waals surface area contributed by atoms with Gasteiger partial charge in [0.25, 0.3) is 5.91 Å². The molecular weight excluding hydrogens is 332 g/mol. The maximum absolute atomic E-state index is 12.7. The van der Waals surface area contributed by atoms with Crippen LogP contribution in [0.4, 0.5) is 11.6 Å². The van der Waals surface area contributed by atoms with Crippen molar-refractivity contribution in [2.24, 2.45) is 0 Å². The zero-order valence-corrected chi connectivity index (χ0v) is 14.6. The summed E-state index contributed by atoms with van der Waals surface area (Å²) in [6, 6.07) is 5.59. The summed E-state index contributed by atoms with van der Waals surface area (Å²) in [7, 11) is 0. The lowest BCUT2D eigenvalue weighted by atomic mass is 10.2. The van der Waals surface area contributed by atoms with Crippen LogP contribution in [-0.4, -0.2) is 78.2 Å². The van der Waals surface area contributed by atoms with E-state index < -0.39 is 0 Å². The van der Waals surface area contributed by atoms with E-state index in [1.807, 2.05) is 17.0 Å². The van der Waals surface area contributed by atoms with Gasteiger partial charge in [-0.2, -0.15) is 0 Å². The molecule has 0 bridgehead atoms. The number of ether oxygens (including phenoxy) is 1. The third-order valence-corrected chi connectivity index (χ3v) is 4.75. The van der Waals surface area contributed by atoms with E-state index in [1.54, 1.807) is 24.7 Å². The first-order valence-electron chi connectivity index (χ1n) is 8.91. The molecule has 0 aliphatic carbocycles. The molecular formula is C18H22N6O2. The molecule has 4 heterocycles. The molecule has 26 heavy (non-hydrogen) atoms. The average Bonchev–Trinajstić information content (AvgIpc) is 2.75. The van der Waals surface area contributed by atoms with Crippen molar-refractivity contribution in [3.05, 3.63) is 42.5 Å². The molecule has 8 nitrogen and oxygen atoms in total. The van der Waals surface area contributed by atoms with E-state index in [4.69, 9.17) is 4.74 Å². The number of rotatable bonds is 3. The van der Waals surface area contributed by atoms with Gasteiger partial charge in [-0.05, 0) is 18.2 Å². The smallest absolute Gasteiger partial charge is 0.272 e. The zero-order valence-electron chi connectivity index (χ0n) is 14.6. The highest BCUT2D eigenvalue weighted by atomic mass is 16.5. The molecule has 0 unspecified atom stereocenters. The standard InChI is InChI=1S/C18H22N6O2/c25-17(16-3-2-15(14-21-16)22-10-12-26-13-11-22)23-6-8-24(9-7-23)18-19-4-1-5-20-18/h1-5,14H,6-13H2. The summed E-state index contributed by atoms with van der Waals surface area (Å²) in [6.45, 7) is 5.92. The fraction of sp³-hybridized carbons (Fsp3) is 0.444. The average molecular weight is 354 g/mol. The monoisotopic (exact) mass is 354 g/mol. The molecule has 4 rings (SSSR count). The molecule has 2 aliphatic heterocycles. The van der Waals surface area contributed by atoms with Crippen molar-refractivity contribution < 1.29 is 9.53 Å². The van der Waals surface area contributed by atoms with Crippen molar-refractivity contribution in [2.75, 3.05) is 62.3 Å². The van der Waals surface area contributed by atoms with Gasteiger partial charge in [0.05, 0.1) is 25.1 Å². The largest absolute Gasteiger partial charge is 0.378 e. The summed E-state index contributed by atoms with van der Waals surface area (Å²) < 4.78 is 5.37. The Balaban J connectivity index is 1.36. The van der Waals surface area contributed by atoms with Gasteiger partial charge in [-0.15, -0.1) is 0 Å². The molecule has 1 amide bonds. The second-order valence-electron chi connectivity index (χ2n) is 6.33.